The van der Waals surface area contributed by atoms with Crippen LogP contribution in [-0.4, -0.2) is 0 Å². The molecule has 2 heteroatoms. The van der Waals surface area contributed by atoms with Crippen LogP contribution in [-0.2, 0) is 0 Å². The highest BCUT2D eigenvalue weighted by atomic mass is 16.3. The topological polar surface area (TPSA) is 16.4 Å². The predicted molar refractivity (Wildman–Crippen MR) is 304 cm³/mol. The van der Waals surface area contributed by atoms with E-state index in [4.69, 9.17) is 4.42 Å². The fourth-order valence-corrected chi connectivity index (χ4v) is 10.6. The number of furan rings is 1. The van der Waals surface area contributed by atoms with Crippen LogP contribution in [0.15, 0.2) is 290 Å². The molecule has 0 aliphatic rings. The Bertz CT molecular complexity index is 4060. The molecule has 0 spiro atoms. The third-order valence-electron chi connectivity index (χ3n) is 14.1. The Balaban J connectivity index is 0.931. The monoisotopic (exact) mass is 917 g/mol. The zero-order chi connectivity index (χ0) is 47.8. The van der Waals surface area contributed by atoms with Crippen molar-refractivity contribution in [3.8, 4) is 77.9 Å². The van der Waals surface area contributed by atoms with Gasteiger partial charge in [0.15, 0.2) is 0 Å². The van der Waals surface area contributed by atoms with Crippen molar-refractivity contribution in [3.63, 3.8) is 0 Å². The van der Waals surface area contributed by atoms with Crippen LogP contribution >= 0.6 is 0 Å². The highest BCUT2D eigenvalue weighted by Crippen LogP contribution is 2.47. The van der Waals surface area contributed by atoms with Crippen LogP contribution < -0.4 is 4.90 Å². The molecule has 13 rings (SSSR count). The fourth-order valence-electron chi connectivity index (χ4n) is 10.6. The standard InChI is InChI=1S/C70H47NO/c1-4-18-49(19-5-1)63-43-38-56(47-66(63)52-22-8-3-9-23-52)61-30-13-12-29-60(61)53-36-41-58(42-37-53)71(67-45-44-64(51-20-6-2-7-21-51)70-69(67)65-31-14-15-33-68(65)72-70)57-39-34-48(35-40-57)54-26-16-27-55(46-54)62-32-17-25-50-24-10-11-28-59(50)62/h1-47H. The Morgan fingerprint density at radius 1 is 0.250 bits per heavy atom. The van der Waals surface area contributed by atoms with Crippen LogP contribution in [0.5, 0.6) is 0 Å². The Morgan fingerprint density at radius 3 is 1.40 bits per heavy atom. The molecule has 72 heavy (non-hydrogen) atoms. The van der Waals surface area contributed by atoms with Crippen LogP contribution in [0.1, 0.15) is 0 Å². The molecule has 0 amide bonds. The lowest BCUT2D eigenvalue weighted by Gasteiger charge is -2.27. The molecule has 0 fully saturated rings. The molecule has 1 heterocycles. The van der Waals surface area contributed by atoms with E-state index < -0.39 is 0 Å². The minimum atomic E-state index is 0.859. The van der Waals surface area contributed by atoms with Gasteiger partial charge in [0, 0.05) is 22.3 Å². The van der Waals surface area contributed by atoms with Crippen molar-refractivity contribution in [2.75, 3.05) is 4.90 Å². The van der Waals surface area contributed by atoms with Gasteiger partial charge in [-0.15, -0.1) is 0 Å². The first-order chi connectivity index (χ1) is 35.7. The van der Waals surface area contributed by atoms with Crippen LogP contribution in [0.4, 0.5) is 17.1 Å². The van der Waals surface area contributed by atoms with Gasteiger partial charge in [-0.05, 0) is 138 Å². The summed E-state index contributed by atoms with van der Waals surface area (Å²) >= 11 is 0. The van der Waals surface area contributed by atoms with Gasteiger partial charge in [0.2, 0.25) is 0 Å². The summed E-state index contributed by atoms with van der Waals surface area (Å²) in [5.41, 5.74) is 21.3. The number of anilines is 3. The summed E-state index contributed by atoms with van der Waals surface area (Å²) < 4.78 is 6.83. The maximum Gasteiger partial charge on any atom is 0.145 e. The summed E-state index contributed by atoms with van der Waals surface area (Å²) in [5, 5.41) is 4.64. The highest BCUT2D eigenvalue weighted by molar-refractivity contribution is 6.17. The molecule has 0 aliphatic heterocycles. The second-order valence-electron chi connectivity index (χ2n) is 18.4. The quantitative estimate of drug-likeness (QED) is 0.136. The number of hydrogen-bond donors (Lipinski definition) is 0. The van der Waals surface area contributed by atoms with Gasteiger partial charge in [0.25, 0.3) is 0 Å². The summed E-state index contributed by atoms with van der Waals surface area (Å²) in [7, 11) is 0. The molecule has 0 bridgehead atoms. The molecule has 2 nitrogen and oxygen atoms in total. The zero-order valence-electron chi connectivity index (χ0n) is 39.5. The molecule has 0 unspecified atom stereocenters. The summed E-state index contributed by atoms with van der Waals surface area (Å²) in [6.07, 6.45) is 0. The number of nitrogens with zero attached hydrogens (tertiary/aromatic N) is 1. The summed E-state index contributed by atoms with van der Waals surface area (Å²) in [4.78, 5) is 2.39. The van der Waals surface area contributed by atoms with Crippen LogP contribution in [0.25, 0.3) is 111 Å². The molecule has 1 aromatic heterocycles. The Kier molecular flexibility index (Phi) is 10.9. The van der Waals surface area contributed by atoms with E-state index in [1.165, 1.54) is 66.4 Å². The van der Waals surface area contributed by atoms with Crippen molar-refractivity contribution >= 4 is 49.8 Å². The van der Waals surface area contributed by atoms with Crippen molar-refractivity contribution in [2.24, 2.45) is 0 Å². The van der Waals surface area contributed by atoms with E-state index in [0.717, 1.165) is 61.3 Å². The summed E-state index contributed by atoms with van der Waals surface area (Å²) in [6, 6.07) is 103. The molecule has 0 saturated heterocycles. The van der Waals surface area contributed by atoms with Gasteiger partial charge >= 0.3 is 0 Å². The average Bonchev–Trinajstić information content (AvgIpc) is 3.86. The number of hydrogen-bond acceptors (Lipinski definition) is 2. The Labute approximate surface area is 420 Å². The van der Waals surface area contributed by atoms with Gasteiger partial charge in [-0.2, -0.15) is 0 Å². The molecule has 0 atom stereocenters. The molecule has 0 radical (unpaired) electrons. The van der Waals surface area contributed by atoms with Crippen molar-refractivity contribution in [2.45, 2.75) is 0 Å². The van der Waals surface area contributed by atoms with E-state index in [0.29, 0.717) is 0 Å². The molecule has 0 N–H and O–H groups in total. The van der Waals surface area contributed by atoms with Gasteiger partial charge in [0.05, 0.1) is 11.1 Å². The Morgan fingerprint density at radius 2 is 0.694 bits per heavy atom. The van der Waals surface area contributed by atoms with E-state index in [2.05, 4.69) is 290 Å². The first-order valence-corrected chi connectivity index (χ1v) is 24.7. The largest absolute Gasteiger partial charge is 0.455 e. The molecule has 0 aliphatic carbocycles. The number of fused-ring (bicyclic) bond motifs is 4. The first-order valence-electron chi connectivity index (χ1n) is 24.7. The second-order valence-corrected chi connectivity index (χ2v) is 18.4. The lowest BCUT2D eigenvalue weighted by molar-refractivity contribution is 0.670. The third-order valence-corrected chi connectivity index (χ3v) is 14.1. The normalized spacial score (nSPS) is 11.3. The molecule has 338 valence electrons. The van der Waals surface area contributed by atoms with E-state index in [9.17, 15) is 0 Å². The minimum Gasteiger partial charge on any atom is -0.455 e. The van der Waals surface area contributed by atoms with E-state index in [-0.39, 0.29) is 0 Å². The maximum atomic E-state index is 6.83. The van der Waals surface area contributed by atoms with Crippen molar-refractivity contribution in [1.82, 2.24) is 0 Å². The van der Waals surface area contributed by atoms with Crippen LogP contribution in [0.2, 0.25) is 0 Å². The highest BCUT2D eigenvalue weighted by Gasteiger charge is 2.23. The SMILES string of the molecule is c1ccc(-c2ccc(-c3ccccc3-c3ccc(N(c4ccc(-c5cccc(-c6cccc7ccccc67)c5)cc4)c4ccc(-c5ccccc5)c5oc6ccccc6c45)cc3)cc2-c2ccccc2)cc1. The number of para-hydroxylation sites is 1. The second kappa shape index (κ2) is 18.4. The summed E-state index contributed by atoms with van der Waals surface area (Å²) in [5.74, 6) is 0. The Hall–Kier alpha value is -9.50. The lowest BCUT2D eigenvalue weighted by atomic mass is 9.88. The third kappa shape index (κ3) is 7.82. The van der Waals surface area contributed by atoms with Crippen molar-refractivity contribution in [3.05, 3.63) is 285 Å². The number of rotatable bonds is 10. The van der Waals surface area contributed by atoms with Gasteiger partial charge in [-0.1, -0.05) is 231 Å². The van der Waals surface area contributed by atoms with E-state index in [1.807, 2.05) is 0 Å². The van der Waals surface area contributed by atoms with E-state index >= 15 is 0 Å². The van der Waals surface area contributed by atoms with Crippen molar-refractivity contribution < 1.29 is 4.42 Å². The lowest BCUT2D eigenvalue weighted by Crippen LogP contribution is -2.10. The van der Waals surface area contributed by atoms with Gasteiger partial charge in [-0.25, -0.2) is 0 Å². The molecular weight excluding hydrogens is 871 g/mol. The van der Waals surface area contributed by atoms with Crippen LogP contribution in [0.3, 0.4) is 0 Å². The molecule has 12 aromatic carbocycles. The smallest absolute Gasteiger partial charge is 0.145 e. The zero-order valence-corrected chi connectivity index (χ0v) is 39.5. The predicted octanol–water partition coefficient (Wildman–Crippen LogP) is 19.9. The van der Waals surface area contributed by atoms with Crippen LogP contribution in [0, 0.1) is 0 Å². The van der Waals surface area contributed by atoms with Gasteiger partial charge in [0.1, 0.15) is 11.2 Å². The fraction of sp³-hybridized carbons (Fsp3) is 0. The van der Waals surface area contributed by atoms with Gasteiger partial charge < -0.3 is 9.32 Å². The first kappa shape index (κ1) is 42.6. The maximum absolute atomic E-state index is 6.83. The van der Waals surface area contributed by atoms with Crippen molar-refractivity contribution in [1.29, 1.82) is 0 Å². The van der Waals surface area contributed by atoms with Gasteiger partial charge in [-0.3, -0.25) is 0 Å². The summed E-state index contributed by atoms with van der Waals surface area (Å²) in [6.45, 7) is 0. The minimum absolute atomic E-state index is 0.859. The number of benzene rings is 12. The van der Waals surface area contributed by atoms with E-state index in [1.54, 1.807) is 0 Å². The average molecular weight is 918 g/mol. The molecule has 13 aromatic rings. The molecular formula is C70H47NO. The molecule has 0 saturated carbocycles.